The van der Waals surface area contributed by atoms with Crippen LogP contribution in [0.1, 0.15) is 123 Å². The van der Waals surface area contributed by atoms with Crippen LogP contribution in [0.25, 0.3) is 0 Å². The number of ether oxygens (including phenoxy) is 2. The quantitative estimate of drug-likeness (QED) is 0.0152. The van der Waals surface area contributed by atoms with E-state index in [4.69, 9.17) is 24.8 Å². The lowest BCUT2D eigenvalue weighted by Crippen LogP contribution is -2.34. The number of allylic oxidation sites excluding steroid dienone is 16. The average molecular weight is 846 g/mol. The van der Waals surface area contributed by atoms with Crippen LogP contribution in [-0.4, -0.2) is 71.1 Å². The molecular formula is C46H72NO11P. The van der Waals surface area contributed by atoms with Crippen molar-refractivity contribution in [3.05, 3.63) is 109 Å². The third-order valence-electron chi connectivity index (χ3n) is 8.11. The highest BCUT2D eigenvalue weighted by Gasteiger charge is 2.28. The Bertz CT molecular complexity index is 1430. The molecule has 59 heavy (non-hydrogen) atoms. The molecule has 0 aliphatic rings. The lowest BCUT2D eigenvalue weighted by atomic mass is 10.1. The van der Waals surface area contributed by atoms with Gasteiger partial charge in [0, 0.05) is 12.8 Å². The molecule has 332 valence electrons. The molecule has 12 nitrogen and oxygen atoms in total. The zero-order chi connectivity index (χ0) is 43.7. The summed E-state index contributed by atoms with van der Waals surface area (Å²) in [4.78, 5) is 45.9. The Hall–Kier alpha value is -3.90. The van der Waals surface area contributed by atoms with E-state index in [1.165, 1.54) is 0 Å². The Morgan fingerprint density at radius 2 is 1.14 bits per heavy atom. The molecule has 0 aliphatic carbocycles. The van der Waals surface area contributed by atoms with Gasteiger partial charge in [-0.3, -0.25) is 23.4 Å². The van der Waals surface area contributed by atoms with Crippen LogP contribution in [0, 0.1) is 0 Å². The molecular weight excluding hydrogens is 773 g/mol. The van der Waals surface area contributed by atoms with Crippen molar-refractivity contribution in [1.29, 1.82) is 0 Å². The van der Waals surface area contributed by atoms with E-state index in [0.717, 1.165) is 77.0 Å². The molecule has 0 aromatic rings. The number of nitrogens with two attached hydrogens (primary N) is 1. The van der Waals surface area contributed by atoms with E-state index in [0.29, 0.717) is 19.3 Å². The van der Waals surface area contributed by atoms with Crippen LogP contribution in [-0.2, 0) is 37.5 Å². The Morgan fingerprint density at radius 3 is 1.75 bits per heavy atom. The van der Waals surface area contributed by atoms with Crippen molar-refractivity contribution >= 4 is 25.7 Å². The Kier molecular flexibility index (Phi) is 36.9. The first kappa shape index (κ1) is 55.1. The highest BCUT2D eigenvalue weighted by atomic mass is 31.2. The van der Waals surface area contributed by atoms with Crippen LogP contribution in [0.2, 0.25) is 0 Å². The van der Waals surface area contributed by atoms with Crippen molar-refractivity contribution < 1.29 is 52.6 Å². The SMILES string of the molecule is CC/C=C\C/C=C\C/C=C\C/C=C\C=C/C(O)C/C=C\CCC(=O)OC[C@H](COP(=O)(O)OC[C@H](N)C(=O)O)OC(=O)CCCCCCC/C=C\C/C=C\C/C=C\CC. The summed E-state index contributed by atoms with van der Waals surface area (Å²) in [5.41, 5.74) is 5.32. The molecule has 0 saturated heterocycles. The van der Waals surface area contributed by atoms with Crippen molar-refractivity contribution in [2.45, 2.75) is 141 Å². The number of rotatable bonds is 37. The van der Waals surface area contributed by atoms with E-state index in [1.54, 1.807) is 24.3 Å². The van der Waals surface area contributed by atoms with Crippen molar-refractivity contribution in [3.63, 3.8) is 0 Å². The maximum atomic E-state index is 12.6. The molecule has 0 fully saturated rings. The summed E-state index contributed by atoms with van der Waals surface area (Å²) >= 11 is 0. The number of carbonyl (C=O) groups is 3. The Balaban J connectivity index is 4.64. The van der Waals surface area contributed by atoms with Crippen LogP contribution in [0.15, 0.2) is 109 Å². The second-order valence-corrected chi connectivity index (χ2v) is 15.0. The van der Waals surface area contributed by atoms with Gasteiger partial charge >= 0.3 is 25.7 Å². The summed E-state index contributed by atoms with van der Waals surface area (Å²) in [5.74, 6) is -2.62. The number of carbonyl (C=O) groups excluding carboxylic acids is 2. The number of aliphatic hydroxyl groups excluding tert-OH is 1. The third kappa shape index (κ3) is 39.3. The summed E-state index contributed by atoms with van der Waals surface area (Å²) < 4.78 is 32.5. The van der Waals surface area contributed by atoms with Crippen LogP contribution in [0.5, 0.6) is 0 Å². The minimum atomic E-state index is -4.77. The van der Waals surface area contributed by atoms with Gasteiger partial charge in [-0.1, -0.05) is 142 Å². The minimum Gasteiger partial charge on any atom is -0.480 e. The van der Waals surface area contributed by atoms with Gasteiger partial charge in [0.2, 0.25) is 0 Å². The summed E-state index contributed by atoms with van der Waals surface area (Å²) in [6.07, 6.45) is 47.6. The van der Waals surface area contributed by atoms with Crippen molar-refractivity contribution in [2.75, 3.05) is 19.8 Å². The maximum absolute atomic E-state index is 12.6. The topological polar surface area (TPSA) is 192 Å². The van der Waals surface area contributed by atoms with E-state index in [1.807, 2.05) is 12.2 Å². The number of unbranched alkanes of at least 4 members (excludes halogenated alkanes) is 5. The smallest absolute Gasteiger partial charge is 0.472 e. The van der Waals surface area contributed by atoms with E-state index in [-0.39, 0.29) is 12.8 Å². The molecule has 4 atom stereocenters. The zero-order valence-electron chi connectivity index (χ0n) is 35.4. The van der Waals surface area contributed by atoms with E-state index in [2.05, 4.69) is 91.3 Å². The second-order valence-electron chi connectivity index (χ2n) is 13.6. The van der Waals surface area contributed by atoms with Gasteiger partial charge in [-0.2, -0.15) is 0 Å². The number of hydrogen-bond acceptors (Lipinski definition) is 10. The van der Waals surface area contributed by atoms with Crippen molar-refractivity contribution in [3.8, 4) is 0 Å². The Morgan fingerprint density at radius 1 is 0.610 bits per heavy atom. The minimum absolute atomic E-state index is 0.00434. The van der Waals surface area contributed by atoms with Crippen LogP contribution >= 0.6 is 7.82 Å². The monoisotopic (exact) mass is 845 g/mol. The number of esters is 2. The van der Waals surface area contributed by atoms with Gasteiger partial charge in [0.15, 0.2) is 6.10 Å². The second kappa shape index (κ2) is 39.6. The van der Waals surface area contributed by atoms with E-state index < -0.39 is 63.8 Å². The van der Waals surface area contributed by atoms with E-state index in [9.17, 15) is 28.9 Å². The normalized spacial score (nSPS) is 15.3. The summed E-state index contributed by atoms with van der Waals surface area (Å²) in [5, 5.41) is 19.1. The molecule has 0 aromatic heterocycles. The molecule has 0 amide bonds. The molecule has 0 rings (SSSR count). The first-order valence-electron chi connectivity index (χ1n) is 21.0. The number of aliphatic carboxylic acids is 1. The number of hydrogen-bond donors (Lipinski definition) is 4. The fourth-order valence-electron chi connectivity index (χ4n) is 4.83. The van der Waals surface area contributed by atoms with Gasteiger partial charge in [-0.15, -0.1) is 0 Å². The van der Waals surface area contributed by atoms with Gasteiger partial charge in [0.1, 0.15) is 12.6 Å². The largest absolute Gasteiger partial charge is 0.480 e. The summed E-state index contributed by atoms with van der Waals surface area (Å²) in [7, 11) is -4.77. The lowest BCUT2D eigenvalue weighted by molar-refractivity contribution is -0.161. The lowest BCUT2D eigenvalue weighted by Gasteiger charge is -2.20. The number of aliphatic hydroxyl groups is 1. The number of carboxylic acids is 1. The van der Waals surface area contributed by atoms with Crippen LogP contribution in [0.3, 0.4) is 0 Å². The molecule has 0 bridgehead atoms. The van der Waals surface area contributed by atoms with Crippen LogP contribution in [0.4, 0.5) is 0 Å². The van der Waals surface area contributed by atoms with Crippen molar-refractivity contribution in [1.82, 2.24) is 0 Å². The van der Waals surface area contributed by atoms with Gasteiger partial charge in [0.25, 0.3) is 0 Å². The third-order valence-corrected chi connectivity index (χ3v) is 9.06. The summed E-state index contributed by atoms with van der Waals surface area (Å²) in [6.45, 7) is 2.35. The highest BCUT2D eigenvalue weighted by molar-refractivity contribution is 7.47. The first-order chi connectivity index (χ1) is 28.5. The number of phosphoric ester groups is 1. The molecule has 0 saturated carbocycles. The fourth-order valence-corrected chi connectivity index (χ4v) is 5.61. The zero-order valence-corrected chi connectivity index (χ0v) is 36.3. The standard InChI is InChI=1S/C46H72NO11P/c1-3-5-7-9-11-13-15-17-18-20-22-24-26-28-32-37-45(50)58-42(39-56-59(53,54)57-40-43(47)46(51)52)38-55-44(49)36-33-29-31-35-41(48)34-30-27-25-23-21-19-16-14-12-10-8-6-4-2/h5-8,11-14,17-19,21,25,27,29-31,34,41-43,48H,3-4,9-10,15-16,20,22-24,26,28,32-33,35-40,47H2,1-2H3,(H,51,52)(H,53,54)/b7-5-,8-6-,13-11-,14-12-,18-17-,21-19-,27-25-,31-29-,34-30-/t41?,42-,43+/m1/s1. The van der Waals surface area contributed by atoms with Gasteiger partial charge in [-0.25, -0.2) is 4.57 Å². The average Bonchev–Trinajstić information content (AvgIpc) is 3.21. The molecule has 5 N–H and O–H groups in total. The van der Waals surface area contributed by atoms with Gasteiger partial charge < -0.3 is 30.3 Å². The number of phosphoric acid groups is 1. The predicted octanol–water partition coefficient (Wildman–Crippen LogP) is 10.0. The molecule has 13 heteroatoms. The number of carboxylic acid groups (broad SMARTS) is 1. The first-order valence-corrected chi connectivity index (χ1v) is 22.5. The molecule has 0 spiro atoms. The van der Waals surface area contributed by atoms with Crippen molar-refractivity contribution in [2.24, 2.45) is 5.73 Å². The molecule has 0 heterocycles. The fraction of sp³-hybridized carbons (Fsp3) is 0.543. The van der Waals surface area contributed by atoms with Gasteiger partial charge in [-0.05, 0) is 77.0 Å². The molecule has 0 aliphatic heterocycles. The molecule has 0 aromatic carbocycles. The maximum Gasteiger partial charge on any atom is 0.472 e. The Labute approximate surface area is 353 Å². The molecule has 2 unspecified atom stereocenters. The summed E-state index contributed by atoms with van der Waals surface area (Å²) in [6, 6.07) is -1.56. The highest BCUT2D eigenvalue weighted by Crippen LogP contribution is 2.43. The van der Waals surface area contributed by atoms with Gasteiger partial charge in [0.05, 0.1) is 19.3 Å². The predicted molar refractivity (Wildman–Crippen MR) is 236 cm³/mol. The molecule has 0 radical (unpaired) electrons. The van der Waals surface area contributed by atoms with E-state index >= 15 is 0 Å². The van der Waals surface area contributed by atoms with Crippen LogP contribution < -0.4 is 5.73 Å².